The van der Waals surface area contributed by atoms with Gasteiger partial charge in [-0.15, -0.1) is 0 Å². The molecule has 0 bridgehead atoms. The zero-order valence-corrected chi connectivity index (χ0v) is 14.3. The average molecular weight is 324 g/mol. The van der Waals surface area contributed by atoms with Crippen LogP contribution in [0.25, 0.3) is 0 Å². The molecule has 24 heavy (non-hydrogen) atoms. The lowest BCUT2D eigenvalue weighted by molar-refractivity contribution is 0.240. The molecule has 2 aliphatic rings. The summed E-state index contributed by atoms with van der Waals surface area (Å²) in [5.41, 5.74) is 2.67. The summed E-state index contributed by atoms with van der Waals surface area (Å²) >= 11 is 0. The fraction of sp³-hybridized carbons (Fsp3) is 0.381. The minimum Gasteiger partial charge on any atom is -0.338 e. The second-order valence-corrected chi connectivity index (χ2v) is 6.00. The van der Waals surface area contributed by atoms with E-state index in [9.17, 15) is 4.79 Å². The number of nitrogens with one attached hydrogen (secondary N) is 2. The molecule has 0 aromatic heterocycles. The van der Waals surface area contributed by atoms with Crippen LogP contribution in [-0.4, -0.2) is 19.1 Å². The van der Waals surface area contributed by atoms with Crippen LogP contribution in [0.5, 0.6) is 0 Å². The number of rotatable bonds is 8. The predicted octanol–water partition coefficient (Wildman–Crippen LogP) is 4.73. The Hall–Kier alpha value is -2.29. The average Bonchev–Trinajstić information content (AvgIpc) is 3.00. The molecule has 2 rings (SSSR count). The standard InChI is InChI=1S/C21H28N2O/c24-21(22-17-9-15-19-11-5-1-2-6-12-19)23-18-10-16-20-13-7-3-4-8-14-20/h1-3,5,7-8,11-14H,4,6,9-10,15-18H2,(H2,22,23,24). The smallest absolute Gasteiger partial charge is 0.314 e. The number of urea groups is 1. The van der Waals surface area contributed by atoms with Gasteiger partial charge in [0.1, 0.15) is 0 Å². The highest BCUT2D eigenvalue weighted by molar-refractivity contribution is 5.73. The quantitative estimate of drug-likeness (QED) is 0.623. The third-order valence-corrected chi connectivity index (χ3v) is 3.98. The van der Waals surface area contributed by atoms with Gasteiger partial charge in [-0.05, 0) is 44.1 Å². The number of allylic oxidation sites excluding steroid dienone is 12. The molecule has 0 aromatic rings. The molecule has 2 aliphatic carbocycles. The van der Waals surface area contributed by atoms with Crippen LogP contribution < -0.4 is 10.6 Å². The number of hydrogen-bond acceptors (Lipinski definition) is 1. The largest absolute Gasteiger partial charge is 0.338 e. The van der Waals surface area contributed by atoms with Crippen LogP contribution >= 0.6 is 0 Å². The topological polar surface area (TPSA) is 41.1 Å². The molecule has 0 heterocycles. The molecule has 0 spiro atoms. The van der Waals surface area contributed by atoms with E-state index in [1.54, 1.807) is 0 Å². The van der Waals surface area contributed by atoms with Gasteiger partial charge in [-0.25, -0.2) is 4.79 Å². The van der Waals surface area contributed by atoms with Gasteiger partial charge < -0.3 is 10.6 Å². The first-order chi connectivity index (χ1) is 11.8. The van der Waals surface area contributed by atoms with Crippen LogP contribution in [0.4, 0.5) is 4.79 Å². The second kappa shape index (κ2) is 11.3. The number of amides is 2. The van der Waals surface area contributed by atoms with Gasteiger partial charge in [0.15, 0.2) is 0 Å². The van der Waals surface area contributed by atoms with E-state index in [2.05, 4.69) is 71.4 Å². The molecule has 0 saturated carbocycles. The van der Waals surface area contributed by atoms with Gasteiger partial charge in [-0.1, -0.05) is 66.3 Å². The van der Waals surface area contributed by atoms with Crippen molar-refractivity contribution in [1.82, 2.24) is 10.6 Å². The van der Waals surface area contributed by atoms with Crippen LogP contribution in [0.3, 0.4) is 0 Å². The molecule has 128 valence electrons. The van der Waals surface area contributed by atoms with Crippen molar-refractivity contribution in [2.24, 2.45) is 0 Å². The fourth-order valence-electron chi connectivity index (χ4n) is 2.65. The highest BCUT2D eigenvalue weighted by atomic mass is 16.2. The van der Waals surface area contributed by atoms with Gasteiger partial charge in [0.2, 0.25) is 0 Å². The lowest BCUT2D eigenvalue weighted by Gasteiger charge is -2.08. The summed E-state index contributed by atoms with van der Waals surface area (Å²) in [5.74, 6) is 0. The van der Waals surface area contributed by atoms with E-state index in [4.69, 9.17) is 0 Å². The Morgan fingerprint density at radius 2 is 1.58 bits per heavy atom. The van der Waals surface area contributed by atoms with Crippen molar-refractivity contribution in [2.75, 3.05) is 13.1 Å². The molecule has 0 saturated heterocycles. The van der Waals surface area contributed by atoms with E-state index in [0.717, 1.165) is 38.5 Å². The Bertz CT molecular complexity index is 577. The van der Waals surface area contributed by atoms with Crippen molar-refractivity contribution in [3.8, 4) is 0 Å². The summed E-state index contributed by atoms with van der Waals surface area (Å²) in [6, 6.07) is -0.0626. The maximum atomic E-state index is 11.8. The van der Waals surface area contributed by atoms with E-state index in [-0.39, 0.29) is 6.03 Å². The van der Waals surface area contributed by atoms with Crippen LogP contribution in [0.2, 0.25) is 0 Å². The SMILES string of the molecule is O=C(NCCCC1=CC=CCC=C1)NCCCC1=CCC=CC=C1. The molecule has 0 unspecified atom stereocenters. The summed E-state index contributed by atoms with van der Waals surface area (Å²) < 4.78 is 0. The third kappa shape index (κ3) is 7.82. The van der Waals surface area contributed by atoms with Gasteiger partial charge in [-0.3, -0.25) is 0 Å². The highest BCUT2D eigenvalue weighted by Crippen LogP contribution is 2.11. The van der Waals surface area contributed by atoms with Crippen LogP contribution in [-0.2, 0) is 0 Å². The summed E-state index contributed by atoms with van der Waals surface area (Å²) in [6.07, 6.45) is 27.4. The van der Waals surface area contributed by atoms with E-state index < -0.39 is 0 Å². The lowest BCUT2D eigenvalue weighted by Crippen LogP contribution is -2.36. The van der Waals surface area contributed by atoms with Crippen molar-refractivity contribution in [3.05, 3.63) is 71.9 Å². The first-order valence-corrected chi connectivity index (χ1v) is 8.91. The number of carbonyl (C=O) groups is 1. The van der Waals surface area contributed by atoms with Crippen molar-refractivity contribution in [1.29, 1.82) is 0 Å². The summed E-state index contributed by atoms with van der Waals surface area (Å²) in [4.78, 5) is 11.8. The molecule has 0 fully saturated rings. The number of hydrogen-bond donors (Lipinski definition) is 2. The highest BCUT2D eigenvalue weighted by Gasteiger charge is 2.01. The fourth-order valence-corrected chi connectivity index (χ4v) is 2.65. The van der Waals surface area contributed by atoms with Gasteiger partial charge in [0.25, 0.3) is 0 Å². The minimum absolute atomic E-state index is 0.0626. The Morgan fingerprint density at radius 3 is 2.42 bits per heavy atom. The van der Waals surface area contributed by atoms with E-state index in [1.165, 1.54) is 11.1 Å². The van der Waals surface area contributed by atoms with Crippen LogP contribution in [0, 0.1) is 0 Å². The monoisotopic (exact) mass is 324 g/mol. The normalized spacial score (nSPS) is 16.2. The summed E-state index contributed by atoms with van der Waals surface area (Å²) in [6.45, 7) is 1.42. The molecule has 0 atom stereocenters. The molecule has 3 heteroatoms. The van der Waals surface area contributed by atoms with E-state index in [0.29, 0.717) is 13.1 Å². The molecule has 0 radical (unpaired) electrons. The predicted molar refractivity (Wildman–Crippen MR) is 102 cm³/mol. The molecular formula is C21H28N2O. The van der Waals surface area contributed by atoms with Gasteiger partial charge in [-0.2, -0.15) is 0 Å². The Kier molecular flexibility index (Phi) is 8.48. The van der Waals surface area contributed by atoms with Gasteiger partial charge in [0, 0.05) is 13.1 Å². The molecule has 3 nitrogen and oxygen atoms in total. The number of carbonyl (C=O) groups excluding carboxylic acids is 1. The minimum atomic E-state index is -0.0626. The van der Waals surface area contributed by atoms with Crippen LogP contribution in [0.15, 0.2) is 71.9 Å². The Morgan fingerprint density at radius 1 is 0.833 bits per heavy atom. The van der Waals surface area contributed by atoms with Gasteiger partial charge >= 0.3 is 6.03 Å². The molecule has 0 aromatic carbocycles. The van der Waals surface area contributed by atoms with Crippen molar-refractivity contribution >= 4 is 6.03 Å². The summed E-state index contributed by atoms with van der Waals surface area (Å²) in [7, 11) is 0. The molecule has 2 N–H and O–H groups in total. The first-order valence-electron chi connectivity index (χ1n) is 8.91. The van der Waals surface area contributed by atoms with E-state index in [1.807, 2.05) is 0 Å². The zero-order chi connectivity index (χ0) is 16.9. The molecule has 2 amide bonds. The summed E-state index contributed by atoms with van der Waals surface area (Å²) in [5, 5.41) is 5.86. The maximum absolute atomic E-state index is 11.8. The Balaban J connectivity index is 1.50. The van der Waals surface area contributed by atoms with E-state index >= 15 is 0 Å². The van der Waals surface area contributed by atoms with Crippen molar-refractivity contribution < 1.29 is 4.79 Å². The van der Waals surface area contributed by atoms with Crippen LogP contribution in [0.1, 0.15) is 38.5 Å². The zero-order valence-electron chi connectivity index (χ0n) is 14.3. The van der Waals surface area contributed by atoms with Crippen molar-refractivity contribution in [3.63, 3.8) is 0 Å². The van der Waals surface area contributed by atoms with Gasteiger partial charge in [0.05, 0.1) is 0 Å². The molecule has 0 aliphatic heterocycles. The van der Waals surface area contributed by atoms with Crippen molar-refractivity contribution in [2.45, 2.75) is 38.5 Å². The lowest BCUT2D eigenvalue weighted by atomic mass is 10.1. The maximum Gasteiger partial charge on any atom is 0.314 e. The third-order valence-electron chi connectivity index (χ3n) is 3.98. The Labute approximate surface area is 145 Å². The first kappa shape index (κ1) is 18.1. The second-order valence-electron chi connectivity index (χ2n) is 6.00. The molecular weight excluding hydrogens is 296 g/mol.